The molecule has 2 heterocycles. The number of benzene rings is 3. The van der Waals surface area contributed by atoms with Gasteiger partial charge in [-0.1, -0.05) is 39.7 Å². The van der Waals surface area contributed by atoms with E-state index in [4.69, 9.17) is 16.0 Å². The number of aromatic amines is 1. The molecular formula is C24H16BrClN4O2. The minimum atomic E-state index is -0.182. The van der Waals surface area contributed by atoms with Gasteiger partial charge in [0.1, 0.15) is 5.52 Å². The van der Waals surface area contributed by atoms with Crippen molar-refractivity contribution in [2.45, 2.75) is 6.92 Å². The van der Waals surface area contributed by atoms with Gasteiger partial charge in [0.2, 0.25) is 5.89 Å². The van der Waals surface area contributed by atoms with Gasteiger partial charge in [-0.15, -0.1) is 0 Å². The number of rotatable bonds is 4. The first kappa shape index (κ1) is 20.5. The number of fused-ring (bicyclic) bond motifs is 1. The maximum absolute atomic E-state index is 12.7. The van der Waals surface area contributed by atoms with E-state index in [0.717, 1.165) is 21.3 Å². The predicted molar refractivity (Wildman–Crippen MR) is 129 cm³/mol. The zero-order chi connectivity index (χ0) is 22.2. The Morgan fingerprint density at radius 2 is 2.00 bits per heavy atom. The summed E-state index contributed by atoms with van der Waals surface area (Å²) in [5.74, 6) is 0.254. The molecule has 0 spiro atoms. The van der Waals surface area contributed by atoms with Gasteiger partial charge >= 0.3 is 0 Å². The first-order chi connectivity index (χ1) is 15.5. The molecule has 5 rings (SSSR count). The maximum atomic E-state index is 12.7. The second-order valence-electron chi connectivity index (χ2n) is 7.29. The normalized spacial score (nSPS) is 11.1. The lowest BCUT2D eigenvalue weighted by atomic mass is 10.1. The molecule has 3 aromatic carbocycles. The second-order valence-corrected chi connectivity index (χ2v) is 8.58. The molecule has 8 heteroatoms. The van der Waals surface area contributed by atoms with Crippen LogP contribution in [0.5, 0.6) is 0 Å². The van der Waals surface area contributed by atoms with Gasteiger partial charge in [-0.25, -0.2) is 4.98 Å². The fourth-order valence-corrected chi connectivity index (χ4v) is 3.84. The van der Waals surface area contributed by atoms with Crippen LogP contribution in [-0.4, -0.2) is 21.1 Å². The van der Waals surface area contributed by atoms with Gasteiger partial charge in [-0.05, 0) is 61.0 Å². The smallest absolute Gasteiger partial charge is 0.255 e. The first-order valence-electron chi connectivity index (χ1n) is 9.76. The van der Waals surface area contributed by atoms with E-state index in [1.807, 2.05) is 43.3 Å². The number of nitrogens with one attached hydrogen (secondary N) is 2. The third-order valence-electron chi connectivity index (χ3n) is 5.05. The lowest BCUT2D eigenvalue weighted by Gasteiger charge is -2.09. The Labute approximate surface area is 196 Å². The molecule has 0 saturated carbocycles. The third kappa shape index (κ3) is 3.92. The van der Waals surface area contributed by atoms with Crippen molar-refractivity contribution < 1.29 is 9.21 Å². The molecule has 158 valence electrons. The number of anilines is 1. The predicted octanol–water partition coefficient (Wildman–Crippen LogP) is 6.86. The van der Waals surface area contributed by atoms with Crippen LogP contribution < -0.4 is 5.32 Å². The zero-order valence-corrected chi connectivity index (χ0v) is 19.2. The van der Waals surface area contributed by atoms with Gasteiger partial charge in [0.15, 0.2) is 5.58 Å². The van der Waals surface area contributed by atoms with Crippen LogP contribution >= 0.6 is 27.5 Å². The Morgan fingerprint density at radius 1 is 1.12 bits per heavy atom. The average molecular weight is 508 g/mol. The molecule has 6 nitrogen and oxygen atoms in total. The van der Waals surface area contributed by atoms with Gasteiger partial charge in [-0.3, -0.25) is 9.89 Å². The van der Waals surface area contributed by atoms with E-state index in [0.29, 0.717) is 38.8 Å². The summed E-state index contributed by atoms with van der Waals surface area (Å²) in [4.78, 5) is 17.3. The van der Waals surface area contributed by atoms with Crippen molar-refractivity contribution in [1.82, 2.24) is 15.2 Å². The molecule has 2 aromatic heterocycles. The minimum absolute atomic E-state index is 0.182. The Morgan fingerprint density at radius 3 is 2.84 bits per heavy atom. The average Bonchev–Trinajstić information content (AvgIpc) is 3.42. The molecular weight excluding hydrogens is 492 g/mol. The topological polar surface area (TPSA) is 83.8 Å². The van der Waals surface area contributed by atoms with Crippen LogP contribution in [0.25, 0.3) is 33.8 Å². The van der Waals surface area contributed by atoms with Gasteiger partial charge in [-0.2, -0.15) is 5.10 Å². The fraction of sp³-hybridized carbons (Fsp3) is 0.0417. The molecule has 0 atom stereocenters. The molecule has 0 aliphatic rings. The molecule has 0 radical (unpaired) electrons. The van der Waals surface area contributed by atoms with Crippen LogP contribution in [0.3, 0.4) is 0 Å². The van der Waals surface area contributed by atoms with Crippen molar-refractivity contribution in [2.75, 3.05) is 5.32 Å². The van der Waals surface area contributed by atoms with Crippen LogP contribution in [0.1, 0.15) is 15.9 Å². The molecule has 0 bridgehead atoms. The summed E-state index contributed by atoms with van der Waals surface area (Å²) < 4.78 is 6.86. The number of hydrogen-bond acceptors (Lipinski definition) is 4. The van der Waals surface area contributed by atoms with Crippen LogP contribution in [0, 0.1) is 6.92 Å². The minimum Gasteiger partial charge on any atom is -0.436 e. The number of aryl methyl sites for hydroxylation is 1. The molecule has 0 aliphatic carbocycles. The highest BCUT2D eigenvalue weighted by Crippen LogP contribution is 2.33. The quantitative estimate of drug-likeness (QED) is 0.278. The summed E-state index contributed by atoms with van der Waals surface area (Å²) in [6, 6.07) is 18.3. The van der Waals surface area contributed by atoms with Gasteiger partial charge in [0.25, 0.3) is 5.91 Å². The molecule has 0 aliphatic heterocycles. The van der Waals surface area contributed by atoms with Gasteiger partial charge < -0.3 is 9.73 Å². The van der Waals surface area contributed by atoms with Crippen molar-refractivity contribution in [3.63, 3.8) is 0 Å². The monoisotopic (exact) mass is 506 g/mol. The van der Waals surface area contributed by atoms with E-state index in [9.17, 15) is 4.79 Å². The Balaban J connectivity index is 1.45. The number of nitrogens with zero attached hydrogens (tertiary/aromatic N) is 2. The maximum Gasteiger partial charge on any atom is 0.255 e. The van der Waals surface area contributed by atoms with Crippen molar-refractivity contribution >= 4 is 50.2 Å². The molecule has 0 unspecified atom stereocenters. The standard InChI is InChI=1S/C24H16BrClN4O2/c1-13-9-15(5-7-19(13)25)23(31)28-17-4-2-3-14(10-17)22-18(12-27-30-22)24-29-20-11-16(26)6-8-21(20)32-24/h2-12H,1H3,(H,27,30)(H,28,31). The highest BCUT2D eigenvalue weighted by atomic mass is 79.9. The van der Waals surface area contributed by atoms with Crippen molar-refractivity contribution in [3.8, 4) is 22.7 Å². The molecule has 0 saturated heterocycles. The Hall–Kier alpha value is -3.42. The number of H-pyrrole nitrogens is 1. The summed E-state index contributed by atoms with van der Waals surface area (Å²) in [6.07, 6.45) is 1.66. The van der Waals surface area contributed by atoms with Crippen molar-refractivity contribution in [3.05, 3.63) is 87.5 Å². The SMILES string of the molecule is Cc1cc(C(=O)Nc2cccc(-c3[nH]ncc3-c3nc4cc(Cl)ccc4o3)c2)ccc1Br. The lowest BCUT2D eigenvalue weighted by molar-refractivity contribution is 0.102. The highest BCUT2D eigenvalue weighted by molar-refractivity contribution is 9.10. The van der Waals surface area contributed by atoms with Gasteiger partial charge in [0.05, 0.1) is 17.5 Å². The van der Waals surface area contributed by atoms with E-state index >= 15 is 0 Å². The zero-order valence-electron chi connectivity index (χ0n) is 16.8. The molecule has 1 amide bonds. The molecule has 5 aromatic rings. The van der Waals surface area contributed by atoms with E-state index in [1.165, 1.54) is 0 Å². The highest BCUT2D eigenvalue weighted by Gasteiger charge is 2.17. The number of hydrogen-bond donors (Lipinski definition) is 2. The van der Waals surface area contributed by atoms with E-state index in [-0.39, 0.29) is 5.91 Å². The summed E-state index contributed by atoms with van der Waals surface area (Å²) in [6.45, 7) is 1.95. The summed E-state index contributed by atoms with van der Waals surface area (Å²) in [5.41, 5.74) is 5.84. The number of oxazole rings is 1. The Bertz CT molecular complexity index is 1470. The summed E-state index contributed by atoms with van der Waals surface area (Å²) in [7, 11) is 0. The van der Waals surface area contributed by atoms with E-state index < -0.39 is 0 Å². The van der Waals surface area contributed by atoms with Crippen LogP contribution in [0.2, 0.25) is 5.02 Å². The van der Waals surface area contributed by atoms with Crippen LogP contribution in [-0.2, 0) is 0 Å². The van der Waals surface area contributed by atoms with Crippen LogP contribution in [0.4, 0.5) is 5.69 Å². The summed E-state index contributed by atoms with van der Waals surface area (Å²) >= 11 is 9.52. The number of carbonyl (C=O) groups excluding carboxylic acids is 1. The Kier molecular flexibility index (Phi) is 5.28. The van der Waals surface area contributed by atoms with Crippen molar-refractivity contribution in [2.24, 2.45) is 0 Å². The number of carbonyl (C=O) groups is 1. The van der Waals surface area contributed by atoms with E-state index in [1.54, 1.807) is 30.5 Å². The molecule has 0 fully saturated rings. The number of halogens is 2. The third-order valence-corrected chi connectivity index (χ3v) is 6.17. The lowest BCUT2D eigenvalue weighted by Crippen LogP contribution is -2.12. The molecule has 2 N–H and O–H groups in total. The second kappa shape index (κ2) is 8.26. The van der Waals surface area contributed by atoms with Crippen molar-refractivity contribution in [1.29, 1.82) is 0 Å². The number of amides is 1. The largest absolute Gasteiger partial charge is 0.436 e. The van der Waals surface area contributed by atoms with E-state index in [2.05, 4.69) is 36.4 Å². The van der Waals surface area contributed by atoms with Crippen LogP contribution in [0.15, 0.2) is 75.8 Å². The fourth-order valence-electron chi connectivity index (χ4n) is 3.43. The molecule has 32 heavy (non-hydrogen) atoms. The van der Waals surface area contributed by atoms with Gasteiger partial charge in [0, 0.05) is 26.3 Å². The summed E-state index contributed by atoms with van der Waals surface area (Å²) in [5, 5.41) is 10.7. The first-order valence-corrected chi connectivity index (χ1v) is 10.9. The number of aromatic nitrogens is 3.